The lowest BCUT2D eigenvalue weighted by Crippen LogP contribution is -2.17. The predicted octanol–water partition coefficient (Wildman–Crippen LogP) is 2.77. The van der Waals surface area contributed by atoms with E-state index in [1.165, 1.54) is 24.3 Å². The fourth-order valence-electron chi connectivity index (χ4n) is 1.05. The number of aliphatic hydroxyl groups excluding tert-OH is 1. The molecule has 0 aliphatic rings. The molecule has 0 bridgehead atoms. The van der Waals surface area contributed by atoms with Crippen molar-refractivity contribution in [2.45, 2.75) is 19.0 Å². The Morgan fingerprint density at radius 1 is 1.19 bits per heavy atom. The fourth-order valence-corrected chi connectivity index (χ4v) is 1.05. The van der Waals surface area contributed by atoms with Crippen LogP contribution in [0.4, 0.5) is 13.2 Å². The number of carbonyl (C=O) groups is 1. The highest BCUT2D eigenvalue weighted by Crippen LogP contribution is 2.33. The van der Waals surface area contributed by atoms with E-state index in [-0.39, 0.29) is 5.56 Å². The number of hydrogen-bond donors (Lipinski definition) is 1. The van der Waals surface area contributed by atoms with Gasteiger partial charge in [-0.1, -0.05) is 24.3 Å². The van der Waals surface area contributed by atoms with Crippen molar-refractivity contribution in [2.24, 2.45) is 0 Å². The van der Waals surface area contributed by atoms with E-state index in [4.69, 9.17) is 5.11 Å². The standard InChI is InChI=1S/C10H9F3O.CH4O/c1-7(10(11,12)13)9-4-2-8(6-14)3-5-9;1-2/h2-7H,1H3;2H,1H3/t7-;/m1./s1. The molecule has 16 heavy (non-hydrogen) atoms. The van der Waals surface area contributed by atoms with Crippen molar-refractivity contribution < 1.29 is 23.1 Å². The van der Waals surface area contributed by atoms with Gasteiger partial charge < -0.3 is 5.11 Å². The van der Waals surface area contributed by atoms with Crippen molar-refractivity contribution in [1.29, 1.82) is 0 Å². The molecule has 0 saturated heterocycles. The van der Waals surface area contributed by atoms with E-state index in [1.54, 1.807) is 0 Å². The molecule has 0 heterocycles. The summed E-state index contributed by atoms with van der Waals surface area (Å²) in [6, 6.07) is 5.40. The highest BCUT2D eigenvalue weighted by atomic mass is 19.4. The van der Waals surface area contributed by atoms with Gasteiger partial charge >= 0.3 is 6.18 Å². The highest BCUT2D eigenvalue weighted by molar-refractivity contribution is 5.74. The maximum absolute atomic E-state index is 12.2. The summed E-state index contributed by atoms with van der Waals surface area (Å²) >= 11 is 0. The second-order valence-electron chi connectivity index (χ2n) is 3.05. The Morgan fingerprint density at radius 3 is 1.94 bits per heavy atom. The third kappa shape index (κ3) is 4.02. The zero-order valence-electron chi connectivity index (χ0n) is 8.95. The summed E-state index contributed by atoms with van der Waals surface area (Å²) < 4.78 is 36.7. The van der Waals surface area contributed by atoms with Gasteiger partial charge in [0.15, 0.2) is 0 Å². The van der Waals surface area contributed by atoms with Gasteiger partial charge in [-0.05, 0) is 12.5 Å². The molecule has 0 aliphatic carbocycles. The first kappa shape index (κ1) is 14.6. The largest absolute Gasteiger partial charge is 0.400 e. The number of alkyl halides is 3. The number of carbonyl (C=O) groups excluding carboxylic acids is 1. The third-order valence-corrected chi connectivity index (χ3v) is 2.06. The van der Waals surface area contributed by atoms with E-state index < -0.39 is 12.1 Å². The van der Waals surface area contributed by atoms with Gasteiger partial charge in [-0.2, -0.15) is 13.2 Å². The van der Waals surface area contributed by atoms with Crippen LogP contribution in [0, 0.1) is 0 Å². The Hall–Kier alpha value is -1.36. The summed E-state index contributed by atoms with van der Waals surface area (Å²) in [7, 11) is 1.00. The summed E-state index contributed by atoms with van der Waals surface area (Å²) in [6.07, 6.45) is -3.63. The van der Waals surface area contributed by atoms with Crippen LogP contribution in [0.25, 0.3) is 0 Å². The van der Waals surface area contributed by atoms with E-state index in [9.17, 15) is 18.0 Å². The van der Waals surface area contributed by atoms with Crippen LogP contribution in [0.15, 0.2) is 24.3 Å². The Balaban J connectivity index is 0.00000106. The van der Waals surface area contributed by atoms with Crippen LogP contribution in [-0.4, -0.2) is 24.7 Å². The van der Waals surface area contributed by atoms with Crippen molar-refractivity contribution in [3.8, 4) is 0 Å². The summed E-state index contributed by atoms with van der Waals surface area (Å²) in [5, 5.41) is 7.00. The van der Waals surface area contributed by atoms with Crippen molar-refractivity contribution in [1.82, 2.24) is 0 Å². The topological polar surface area (TPSA) is 37.3 Å². The average Bonchev–Trinajstić information content (AvgIpc) is 2.30. The number of aldehydes is 1. The van der Waals surface area contributed by atoms with Crippen molar-refractivity contribution in [2.75, 3.05) is 7.11 Å². The van der Waals surface area contributed by atoms with E-state index >= 15 is 0 Å². The molecule has 5 heteroatoms. The monoisotopic (exact) mass is 234 g/mol. The zero-order valence-corrected chi connectivity index (χ0v) is 8.95. The number of aliphatic hydroxyl groups is 1. The SMILES string of the molecule is CO.C[C@H](c1ccc(C=O)cc1)C(F)(F)F. The molecular weight excluding hydrogens is 221 g/mol. The second kappa shape index (κ2) is 6.27. The molecule has 0 spiro atoms. The normalized spacial score (nSPS) is 12.4. The van der Waals surface area contributed by atoms with Gasteiger partial charge in [0, 0.05) is 12.7 Å². The minimum Gasteiger partial charge on any atom is -0.400 e. The van der Waals surface area contributed by atoms with Crippen LogP contribution < -0.4 is 0 Å². The van der Waals surface area contributed by atoms with E-state index in [0.29, 0.717) is 11.8 Å². The summed E-state index contributed by atoms with van der Waals surface area (Å²) in [5.74, 6) is -1.50. The Labute approximate surface area is 91.7 Å². The van der Waals surface area contributed by atoms with Gasteiger partial charge in [-0.25, -0.2) is 0 Å². The van der Waals surface area contributed by atoms with Crippen LogP contribution in [-0.2, 0) is 0 Å². The first-order valence-electron chi connectivity index (χ1n) is 4.51. The second-order valence-corrected chi connectivity index (χ2v) is 3.05. The van der Waals surface area contributed by atoms with Crippen LogP contribution in [0.3, 0.4) is 0 Å². The number of hydrogen-bond acceptors (Lipinski definition) is 2. The molecule has 0 unspecified atom stereocenters. The van der Waals surface area contributed by atoms with Crippen LogP contribution in [0.1, 0.15) is 28.8 Å². The van der Waals surface area contributed by atoms with Crippen molar-refractivity contribution in [3.05, 3.63) is 35.4 Å². The molecule has 1 atom stereocenters. The van der Waals surface area contributed by atoms with E-state index in [1.807, 2.05) is 0 Å². The maximum atomic E-state index is 12.2. The molecule has 1 aromatic rings. The fraction of sp³-hybridized carbons (Fsp3) is 0.364. The lowest BCUT2D eigenvalue weighted by molar-refractivity contribution is -0.146. The number of rotatable bonds is 2. The third-order valence-electron chi connectivity index (χ3n) is 2.06. The maximum Gasteiger partial charge on any atom is 0.395 e. The molecule has 90 valence electrons. The minimum atomic E-state index is -4.23. The molecule has 0 fully saturated rings. The Bertz CT molecular complexity index is 317. The molecule has 1 rings (SSSR count). The first-order valence-corrected chi connectivity index (χ1v) is 4.51. The van der Waals surface area contributed by atoms with Gasteiger partial charge in [-0.15, -0.1) is 0 Å². The van der Waals surface area contributed by atoms with E-state index in [2.05, 4.69) is 0 Å². The molecule has 1 aromatic carbocycles. The van der Waals surface area contributed by atoms with Crippen LogP contribution >= 0.6 is 0 Å². The van der Waals surface area contributed by atoms with Crippen molar-refractivity contribution >= 4 is 6.29 Å². The van der Waals surface area contributed by atoms with E-state index in [0.717, 1.165) is 14.0 Å². The molecule has 0 aliphatic heterocycles. The molecular formula is C11H13F3O2. The molecule has 2 nitrogen and oxygen atoms in total. The Morgan fingerprint density at radius 2 is 1.62 bits per heavy atom. The molecule has 0 radical (unpaired) electrons. The summed E-state index contributed by atoms with van der Waals surface area (Å²) in [6.45, 7) is 1.09. The highest BCUT2D eigenvalue weighted by Gasteiger charge is 2.36. The summed E-state index contributed by atoms with van der Waals surface area (Å²) in [4.78, 5) is 10.3. The summed E-state index contributed by atoms with van der Waals surface area (Å²) in [5.41, 5.74) is 0.547. The van der Waals surface area contributed by atoms with Gasteiger partial charge in [0.2, 0.25) is 0 Å². The molecule has 1 N–H and O–H groups in total. The quantitative estimate of drug-likeness (QED) is 0.799. The molecule has 0 aromatic heterocycles. The minimum absolute atomic E-state index is 0.170. The predicted molar refractivity (Wildman–Crippen MR) is 54.4 cm³/mol. The van der Waals surface area contributed by atoms with Gasteiger partial charge in [-0.3, -0.25) is 4.79 Å². The first-order chi connectivity index (χ1) is 7.45. The number of benzene rings is 1. The smallest absolute Gasteiger partial charge is 0.395 e. The molecule has 0 amide bonds. The van der Waals surface area contributed by atoms with Gasteiger partial charge in [0.05, 0.1) is 5.92 Å². The lowest BCUT2D eigenvalue weighted by atomic mass is 10.00. The molecule has 0 saturated carbocycles. The average molecular weight is 234 g/mol. The van der Waals surface area contributed by atoms with Crippen molar-refractivity contribution in [3.63, 3.8) is 0 Å². The van der Waals surface area contributed by atoms with Crippen LogP contribution in [0.5, 0.6) is 0 Å². The lowest BCUT2D eigenvalue weighted by Gasteiger charge is -2.15. The van der Waals surface area contributed by atoms with Crippen LogP contribution in [0.2, 0.25) is 0 Å². The Kier molecular flexibility index (Phi) is 5.74. The van der Waals surface area contributed by atoms with Gasteiger partial charge in [0.1, 0.15) is 6.29 Å². The van der Waals surface area contributed by atoms with Gasteiger partial charge in [0.25, 0.3) is 0 Å². The number of halogens is 3. The zero-order chi connectivity index (χ0) is 12.8.